The van der Waals surface area contributed by atoms with E-state index >= 15 is 0 Å². The van der Waals surface area contributed by atoms with Crippen molar-refractivity contribution in [2.45, 2.75) is 18.9 Å². The summed E-state index contributed by atoms with van der Waals surface area (Å²) in [6.07, 6.45) is 2.29. The highest BCUT2D eigenvalue weighted by Gasteiger charge is 2.23. The summed E-state index contributed by atoms with van der Waals surface area (Å²) in [6, 6.07) is 22.5. The van der Waals surface area contributed by atoms with Crippen molar-refractivity contribution in [1.82, 2.24) is 9.88 Å². The van der Waals surface area contributed by atoms with Crippen molar-refractivity contribution in [1.29, 1.82) is 0 Å². The Balaban J connectivity index is 1.73. The van der Waals surface area contributed by atoms with Crippen molar-refractivity contribution in [3.63, 3.8) is 0 Å². The van der Waals surface area contributed by atoms with E-state index in [-0.39, 0.29) is 23.9 Å². The summed E-state index contributed by atoms with van der Waals surface area (Å²) < 4.78 is 12.5. The van der Waals surface area contributed by atoms with Gasteiger partial charge in [0.1, 0.15) is 5.75 Å². The quantitative estimate of drug-likeness (QED) is 0.185. The number of benzene rings is 3. The lowest BCUT2D eigenvalue weighted by molar-refractivity contribution is -0.384. The van der Waals surface area contributed by atoms with Crippen LogP contribution in [0.4, 0.5) is 5.69 Å². The Kier molecular flexibility index (Phi) is 7.97. The molecule has 1 amide bonds. The zero-order chi connectivity index (χ0) is 25.5. The zero-order valence-electron chi connectivity index (χ0n) is 20.3. The topological polar surface area (TPSA) is 95.6 Å². The van der Waals surface area contributed by atoms with Gasteiger partial charge in [-0.1, -0.05) is 42.5 Å². The number of nitro groups is 1. The van der Waals surface area contributed by atoms with Crippen LogP contribution in [0.5, 0.6) is 5.75 Å². The molecule has 36 heavy (non-hydrogen) atoms. The van der Waals surface area contributed by atoms with Crippen molar-refractivity contribution < 1.29 is 19.2 Å². The van der Waals surface area contributed by atoms with Gasteiger partial charge in [-0.3, -0.25) is 14.9 Å². The second-order valence-electron chi connectivity index (χ2n) is 8.53. The molecule has 4 rings (SSSR count). The van der Waals surface area contributed by atoms with Crippen molar-refractivity contribution in [2.75, 3.05) is 27.4 Å². The normalized spacial score (nSPS) is 11.8. The van der Waals surface area contributed by atoms with Gasteiger partial charge in [0, 0.05) is 61.8 Å². The Hall–Kier alpha value is -4.17. The lowest BCUT2D eigenvalue weighted by Crippen LogP contribution is -2.28. The van der Waals surface area contributed by atoms with E-state index in [0.717, 1.165) is 33.3 Å². The molecular weight excluding hydrogens is 458 g/mol. The fourth-order valence-corrected chi connectivity index (χ4v) is 4.40. The maximum absolute atomic E-state index is 12.9. The lowest BCUT2D eigenvalue weighted by atomic mass is 9.88. The molecule has 0 saturated heterocycles. The van der Waals surface area contributed by atoms with E-state index in [0.29, 0.717) is 19.7 Å². The Bertz CT molecular complexity index is 1330. The molecular formula is C28H29N3O5. The number of amides is 1. The van der Waals surface area contributed by atoms with E-state index in [4.69, 9.17) is 9.47 Å². The molecule has 0 unspecified atom stereocenters. The number of non-ortho nitro benzene ring substituents is 1. The van der Waals surface area contributed by atoms with Gasteiger partial charge >= 0.3 is 0 Å². The van der Waals surface area contributed by atoms with Crippen LogP contribution in [0.1, 0.15) is 29.0 Å². The number of nitrogens with one attached hydrogen (secondary N) is 1. The van der Waals surface area contributed by atoms with Crippen LogP contribution in [-0.2, 0) is 16.1 Å². The molecule has 0 aliphatic carbocycles. The monoisotopic (exact) mass is 487 g/mol. The van der Waals surface area contributed by atoms with E-state index in [2.05, 4.69) is 28.2 Å². The summed E-state index contributed by atoms with van der Waals surface area (Å²) >= 11 is 0. The van der Waals surface area contributed by atoms with Crippen LogP contribution in [0.15, 0.2) is 79.0 Å². The van der Waals surface area contributed by atoms with Crippen LogP contribution in [0, 0.1) is 10.1 Å². The van der Waals surface area contributed by atoms with Crippen LogP contribution in [0.2, 0.25) is 0 Å². The molecule has 3 aromatic carbocycles. The highest BCUT2D eigenvalue weighted by atomic mass is 16.6. The third-order valence-electron chi connectivity index (χ3n) is 6.23. The molecule has 0 aliphatic rings. The fraction of sp³-hybridized carbons (Fsp3) is 0.250. The molecule has 0 radical (unpaired) electrons. The first kappa shape index (κ1) is 24.9. The summed E-state index contributed by atoms with van der Waals surface area (Å²) in [5, 5.41) is 15.1. The van der Waals surface area contributed by atoms with Crippen LogP contribution < -0.4 is 10.1 Å². The highest BCUT2D eigenvalue weighted by molar-refractivity contribution is 5.86. The summed E-state index contributed by atoms with van der Waals surface area (Å²) in [6.45, 7) is 1.49. The first-order valence-corrected chi connectivity index (χ1v) is 11.7. The molecule has 0 saturated carbocycles. The first-order chi connectivity index (χ1) is 17.5. The van der Waals surface area contributed by atoms with E-state index < -0.39 is 4.92 Å². The zero-order valence-corrected chi connectivity index (χ0v) is 20.3. The van der Waals surface area contributed by atoms with Crippen molar-refractivity contribution in [3.8, 4) is 5.75 Å². The Labute approximate surface area is 209 Å². The number of para-hydroxylation sites is 1. The number of methoxy groups -OCH3 is 2. The molecule has 0 bridgehead atoms. The third kappa shape index (κ3) is 5.72. The number of fused-ring (bicyclic) bond motifs is 1. The average Bonchev–Trinajstić information content (AvgIpc) is 3.26. The molecule has 1 N–H and O–H groups in total. The summed E-state index contributed by atoms with van der Waals surface area (Å²) in [5.41, 5.74) is 4.02. The average molecular weight is 488 g/mol. The van der Waals surface area contributed by atoms with Gasteiger partial charge in [-0.2, -0.15) is 0 Å². The Morgan fingerprint density at radius 1 is 1.03 bits per heavy atom. The van der Waals surface area contributed by atoms with Gasteiger partial charge in [-0.15, -0.1) is 0 Å². The number of nitrogens with zero attached hydrogens (tertiary/aromatic N) is 2. The lowest BCUT2D eigenvalue weighted by Gasteiger charge is -2.17. The van der Waals surface area contributed by atoms with Crippen molar-refractivity contribution in [3.05, 3.63) is 106 Å². The van der Waals surface area contributed by atoms with Gasteiger partial charge < -0.3 is 19.4 Å². The Morgan fingerprint density at radius 2 is 1.75 bits per heavy atom. The number of aromatic nitrogens is 1. The van der Waals surface area contributed by atoms with Crippen molar-refractivity contribution >= 4 is 22.5 Å². The molecule has 1 atom stereocenters. The van der Waals surface area contributed by atoms with Gasteiger partial charge in [-0.25, -0.2) is 0 Å². The summed E-state index contributed by atoms with van der Waals surface area (Å²) in [7, 11) is 3.23. The predicted molar refractivity (Wildman–Crippen MR) is 138 cm³/mol. The molecule has 8 heteroatoms. The number of carbonyl (C=O) groups is 1. The molecule has 1 heterocycles. The van der Waals surface area contributed by atoms with Crippen LogP contribution in [0.25, 0.3) is 10.9 Å². The molecule has 1 aromatic heterocycles. The maximum atomic E-state index is 12.9. The fourth-order valence-electron chi connectivity index (χ4n) is 4.40. The standard InChI is InChI=1S/C28H29N3O5/c1-35-16-15-29-28(32)17-25(21-9-11-22(12-10-21)31(33)34)26-19-30(27-6-4-3-5-24(26)27)18-20-7-13-23(36-2)14-8-20/h3-14,19,25H,15-18H2,1-2H3,(H,29,32)/t25-/m0/s1. The van der Waals surface area contributed by atoms with Gasteiger partial charge in [0.15, 0.2) is 0 Å². The van der Waals surface area contributed by atoms with E-state index in [1.807, 2.05) is 36.4 Å². The summed E-state index contributed by atoms with van der Waals surface area (Å²) in [4.78, 5) is 23.6. The Morgan fingerprint density at radius 3 is 2.42 bits per heavy atom. The van der Waals surface area contributed by atoms with E-state index in [1.165, 1.54) is 12.1 Å². The molecule has 0 spiro atoms. The second kappa shape index (κ2) is 11.5. The number of nitro benzene ring substituents is 1. The van der Waals surface area contributed by atoms with Gasteiger partial charge in [0.2, 0.25) is 5.91 Å². The number of carbonyl (C=O) groups excluding carboxylic acids is 1. The highest BCUT2D eigenvalue weighted by Crippen LogP contribution is 2.36. The predicted octanol–water partition coefficient (Wildman–Crippen LogP) is 4.89. The SMILES string of the molecule is COCCNC(=O)C[C@@H](c1ccc([N+](=O)[O-])cc1)c1cn(Cc2ccc(OC)cc2)c2ccccc12. The van der Waals surface area contributed by atoms with E-state index in [9.17, 15) is 14.9 Å². The maximum Gasteiger partial charge on any atom is 0.269 e. The molecule has 186 valence electrons. The van der Waals surface area contributed by atoms with Crippen LogP contribution >= 0.6 is 0 Å². The second-order valence-corrected chi connectivity index (χ2v) is 8.53. The van der Waals surface area contributed by atoms with E-state index in [1.54, 1.807) is 26.4 Å². The minimum absolute atomic E-state index is 0.0176. The smallest absolute Gasteiger partial charge is 0.269 e. The number of hydrogen-bond donors (Lipinski definition) is 1. The number of rotatable bonds is 11. The molecule has 0 fully saturated rings. The van der Waals surface area contributed by atoms with Crippen molar-refractivity contribution in [2.24, 2.45) is 0 Å². The van der Waals surface area contributed by atoms with Crippen LogP contribution in [0.3, 0.4) is 0 Å². The molecule has 8 nitrogen and oxygen atoms in total. The minimum atomic E-state index is -0.420. The van der Waals surface area contributed by atoms with Crippen LogP contribution in [-0.4, -0.2) is 42.8 Å². The van der Waals surface area contributed by atoms with Gasteiger partial charge in [-0.05, 0) is 34.9 Å². The number of hydrogen-bond acceptors (Lipinski definition) is 5. The van der Waals surface area contributed by atoms with Gasteiger partial charge in [0.05, 0.1) is 18.6 Å². The first-order valence-electron chi connectivity index (χ1n) is 11.7. The molecule has 0 aliphatic heterocycles. The summed E-state index contributed by atoms with van der Waals surface area (Å²) in [5.74, 6) is 0.410. The molecule has 4 aromatic rings. The number of ether oxygens (including phenoxy) is 2. The van der Waals surface area contributed by atoms with Gasteiger partial charge in [0.25, 0.3) is 5.69 Å². The minimum Gasteiger partial charge on any atom is -0.497 e. The largest absolute Gasteiger partial charge is 0.497 e. The third-order valence-corrected chi connectivity index (χ3v) is 6.23.